The summed E-state index contributed by atoms with van der Waals surface area (Å²) in [5.74, 6) is 0.473. The number of likely N-dealkylation sites (N-methyl/N-ethyl adjacent to an activating group) is 2. The van der Waals surface area contributed by atoms with Gasteiger partial charge in [0.25, 0.3) is 0 Å². The van der Waals surface area contributed by atoms with E-state index in [1.807, 2.05) is 13.2 Å². The maximum Gasteiger partial charge on any atom is 0.248 e. The number of aryl methyl sites for hydroxylation is 1. The number of benzene rings is 1. The number of ether oxygens (including phenoxy) is 1. The number of nitrogens with zero attached hydrogens (tertiary/aromatic N) is 3. The Hall–Kier alpha value is -2.05. The van der Waals surface area contributed by atoms with Crippen LogP contribution in [0.1, 0.15) is 11.6 Å². The van der Waals surface area contributed by atoms with E-state index in [1.165, 1.54) is 0 Å². The molecule has 2 aromatic rings. The van der Waals surface area contributed by atoms with Crippen LogP contribution in [0.5, 0.6) is 5.75 Å². The molecule has 0 aliphatic rings. The number of aromatic nitrogens is 2. The van der Waals surface area contributed by atoms with E-state index in [2.05, 4.69) is 10.4 Å². The fourth-order valence-corrected chi connectivity index (χ4v) is 2.46. The molecule has 0 aliphatic carbocycles. The van der Waals surface area contributed by atoms with Gasteiger partial charge in [-0.25, -0.2) is 0 Å². The fourth-order valence-electron chi connectivity index (χ4n) is 2.21. The number of rotatable bonds is 5. The van der Waals surface area contributed by atoms with E-state index in [9.17, 15) is 4.79 Å². The number of hydrogen-bond donors (Lipinski definition) is 1. The third-order valence-corrected chi connectivity index (χ3v) is 3.74. The Kier molecular flexibility index (Phi) is 5.05. The number of halogens is 1. The van der Waals surface area contributed by atoms with Gasteiger partial charge in [-0.3, -0.25) is 9.48 Å². The molecule has 118 valence electrons. The number of amides is 1. The van der Waals surface area contributed by atoms with Gasteiger partial charge in [0.05, 0.1) is 18.3 Å². The SMILES string of the molecule is CNC(C(=O)N(C)c1ccc(OC)c(Cl)c1)c1cnn(C)c1. The molecule has 7 heteroatoms. The van der Waals surface area contributed by atoms with E-state index in [0.29, 0.717) is 16.5 Å². The van der Waals surface area contributed by atoms with E-state index in [1.54, 1.807) is 55.2 Å². The second-order valence-corrected chi connectivity index (χ2v) is 5.29. The first-order chi connectivity index (χ1) is 10.5. The predicted octanol–water partition coefficient (Wildman–Crippen LogP) is 2.01. The van der Waals surface area contributed by atoms with Gasteiger partial charge < -0.3 is 15.0 Å². The quantitative estimate of drug-likeness (QED) is 0.914. The second-order valence-electron chi connectivity index (χ2n) is 4.89. The molecule has 1 aromatic carbocycles. The lowest BCUT2D eigenvalue weighted by Gasteiger charge is -2.23. The van der Waals surface area contributed by atoms with Crippen molar-refractivity contribution in [2.24, 2.45) is 7.05 Å². The van der Waals surface area contributed by atoms with Crippen molar-refractivity contribution < 1.29 is 9.53 Å². The van der Waals surface area contributed by atoms with Crippen molar-refractivity contribution in [2.45, 2.75) is 6.04 Å². The van der Waals surface area contributed by atoms with Crippen molar-refractivity contribution in [3.8, 4) is 5.75 Å². The molecule has 1 aromatic heterocycles. The van der Waals surface area contributed by atoms with E-state index in [-0.39, 0.29) is 5.91 Å². The lowest BCUT2D eigenvalue weighted by molar-refractivity contribution is -0.120. The molecule has 1 amide bonds. The molecule has 0 aliphatic heterocycles. The van der Waals surface area contributed by atoms with E-state index in [4.69, 9.17) is 16.3 Å². The van der Waals surface area contributed by atoms with Crippen LogP contribution in [0.3, 0.4) is 0 Å². The highest BCUT2D eigenvalue weighted by molar-refractivity contribution is 6.32. The van der Waals surface area contributed by atoms with Crippen LogP contribution in [0.25, 0.3) is 0 Å². The van der Waals surface area contributed by atoms with Gasteiger partial charge >= 0.3 is 0 Å². The topological polar surface area (TPSA) is 59.4 Å². The molecule has 6 nitrogen and oxygen atoms in total. The minimum atomic E-state index is -0.473. The van der Waals surface area contributed by atoms with Crippen LogP contribution in [-0.4, -0.2) is 36.9 Å². The Morgan fingerprint density at radius 2 is 2.23 bits per heavy atom. The molecule has 22 heavy (non-hydrogen) atoms. The summed E-state index contributed by atoms with van der Waals surface area (Å²) in [6.45, 7) is 0. The molecule has 1 N–H and O–H groups in total. The zero-order valence-corrected chi connectivity index (χ0v) is 13.8. The van der Waals surface area contributed by atoms with Gasteiger partial charge in [0.2, 0.25) is 5.91 Å². The minimum Gasteiger partial charge on any atom is -0.495 e. The van der Waals surface area contributed by atoms with Gasteiger partial charge in [-0.05, 0) is 25.2 Å². The van der Waals surface area contributed by atoms with E-state index < -0.39 is 6.04 Å². The van der Waals surface area contributed by atoms with E-state index in [0.717, 1.165) is 5.56 Å². The highest BCUT2D eigenvalue weighted by Crippen LogP contribution is 2.29. The smallest absolute Gasteiger partial charge is 0.248 e. The molecular weight excluding hydrogens is 304 g/mol. The van der Waals surface area contributed by atoms with Crippen molar-refractivity contribution in [3.63, 3.8) is 0 Å². The third-order valence-electron chi connectivity index (χ3n) is 3.45. The Balaban J connectivity index is 2.25. The third kappa shape index (κ3) is 3.23. The summed E-state index contributed by atoms with van der Waals surface area (Å²) in [5, 5.41) is 7.58. The van der Waals surface area contributed by atoms with Gasteiger partial charge in [-0.2, -0.15) is 5.10 Å². The standard InChI is InChI=1S/C15H19ClN4O2/c1-17-14(10-8-18-19(2)9-10)15(21)20(3)11-5-6-13(22-4)12(16)7-11/h5-9,14,17H,1-4H3. The average molecular weight is 323 g/mol. The first-order valence-electron chi connectivity index (χ1n) is 6.74. The largest absolute Gasteiger partial charge is 0.495 e. The number of methoxy groups -OCH3 is 1. The number of carbonyl (C=O) groups excluding carboxylic acids is 1. The molecule has 0 saturated heterocycles. The number of anilines is 1. The van der Waals surface area contributed by atoms with Crippen LogP contribution in [0, 0.1) is 0 Å². The minimum absolute atomic E-state index is 0.100. The van der Waals surface area contributed by atoms with Crippen molar-refractivity contribution in [1.29, 1.82) is 0 Å². The maximum absolute atomic E-state index is 12.7. The molecule has 0 bridgehead atoms. The predicted molar refractivity (Wildman–Crippen MR) is 86.4 cm³/mol. The van der Waals surface area contributed by atoms with Crippen LogP contribution in [-0.2, 0) is 11.8 Å². The summed E-state index contributed by atoms with van der Waals surface area (Å²) in [4.78, 5) is 14.3. The molecular formula is C15H19ClN4O2. The molecule has 1 atom stereocenters. The lowest BCUT2D eigenvalue weighted by Crippen LogP contribution is -2.37. The summed E-state index contributed by atoms with van der Waals surface area (Å²) in [7, 11) is 6.81. The summed E-state index contributed by atoms with van der Waals surface area (Å²) in [5.41, 5.74) is 1.50. The van der Waals surface area contributed by atoms with Gasteiger partial charge in [-0.1, -0.05) is 11.6 Å². The van der Waals surface area contributed by atoms with Gasteiger partial charge in [-0.15, -0.1) is 0 Å². The maximum atomic E-state index is 12.7. The Labute approximate surface area is 134 Å². The molecule has 0 radical (unpaired) electrons. The Morgan fingerprint density at radius 3 is 2.73 bits per heavy atom. The van der Waals surface area contributed by atoms with Gasteiger partial charge in [0, 0.05) is 31.5 Å². The number of hydrogen-bond acceptors (Lipinski definition) is 4. The first kappa shape index (κ1) is 16.3. The summed E-state index contributed by atoms with van der Waals surface area (Å²) in [6.07, 6.45) is 3.49. The average Bonchev–Trinajstić information content (AvgIpc) is 2.93. The number of nitrogens with one attached hydrogen (secondary N) is 1. The van der Waals surface area contributed by atoms with Crippen LogP contribution < -0.4 is 15.0 Å². The van der Waals surface area contributed by atoms with E-state index >= 15 is 0 Å². The first-order valence-corrected chi connectivity index (χ1v) is 7.12. The molecule has 2 rings (SSSR count). The van der Waals surface area contributed by atoms with Crippen LogP contribution >= 0.6 is 11.6 Å². The lowest BCUT2D eigenvalue weighted by atomic mass is 10.1. The van der Waals surface area contributed by atoms with Gasteiger partial charge in [0.15, 0.2) is 0 Å². The molecule has 0 saturated carbocycles. The monoisotopic (exact) mass is 322 g/mol. The van der Waals surface area contributed by atoms with Crippen LogP contribution in [0.2, 0.25) is 5.02 Å². The zero-order valence-electron chi connectivity index (χ0n) is 13.0. The zero-order chi connectivity index (χ0) is 16.3. The molecule has 0 fully saturated rings. The molecule has 1 unspecified atom stereocenters. The van der Waals surface area contributed by atoms with Crippen LogP contribution in [0.15, 0.2) is 30.6 Å². The summed E-state index contributed by atoms with van der Waals surface area (Å²) >= 11 is 6.12. The highest BCUT2D eigenvalue weighted by Gasteiger charge is 2.24. The highest BCUT2D eigenvalue weighted by atomic mass is 35.5. The Morgan fingerprint density at radius 1 is 1.50 bits per heavy atom. The van der Waals surface area contributed by atoms with Crippen molar-refractivity contribution >= 4 is 23.2 Å². The molecule has 1 heterocycles. The normalized spacial score (nSPS) is 12.0. The number of carbonyl (C=O) groups is 1. The van der Waals surface area contributed by atoms with Crippen molar-refractivity contribution in [1.82, 2.24) is 15.1 Å². The fraction of sp³-hybridized carbons (Fsp3) is 0.333. The second kappa shape index (κ2) is 6.81. The molecule has 0 spiro atoms. The summed E-state index contributed by atoms with van der Waals surface area (Å²) in [6, 6.07) is 4.76. The van der Waals surface area contributed by atoms with Crippen LogP contribution in [0.4, 0.5) is 5.69 Å². The van der Waals surface area contributed by atoms with Crippen molar-refractivity contribution in [3.05, 3.63) is 41.2 Å². The Bertz CT molecular complexity index is 671. The summed E-state index contributed by atoms with van der Waals surface area (Å²) < 4.78 is 6.79. The van der Waals surface area contributed by atoms with Crippen molar-refractivity contribution in [2.75, 3.05) is 26.1 Å². The van der Waals surface area contributed by atoms with Gasteiger partial charge in [0.1, 0.15) is 11.8 Å².